The maximum absolute atomic E-state index is 12.4. The van der Waals surface area contributed by atoms with Crippen LogP contribution in [0.4, 0.5) is 0 Å². The van der Waals surface area contributed by atoms with Gasteiger partial charge in [0.05, 0.1) is 0 Å². The summed E-state index contributed by atoms with van der Waals surface area (Å²) in [5.74, 6) is 0.190. The number of nitrogens with zero attached hydrogens (tertiary/aromatic N) is 1. The fraction of sp³-hybridized carbons (Fsp3) is 0.533. The Morgan fingerprint density at radius 2 is 2.00 bits per heavy atom. The minimum absolute atomic E-state index is 0. The SMILES string of the molecule is CC1(C)CCN(C(=O)c2ccc3c(c2)CNC3)C1.Cl. The first kappa shape index (κ1) is 14.4. The molecular weight excluding hydrogens is 260 g/mol. The third-order valence-electron chi connectivity index (χ3n) is 4.05. The molecule has 19 heavy (non-hydrogen) atoms. The van der Waals surface area contributed by atoms with E-state index in [0.717, 1.165) is 38.2 Å². The summed E-state index contributed by atoms with van der Waals surface area (Å²) < 4.78 is 0. The number of likely N-dealkylation sites (tertiary alicyclic amines) is 1. The van der Waals surface area contributed by atoms with E-state index < -0.39 is 0 Å². The molecule has 4 heteroatoms. The summed E-state index contributed by atoms with van der Waals surface area (Å²) in [6.07, 6.45) is 1.10. The van der Waals surface area contributed by atoms with Gasteiger partial charge in [0, 0.05) is 31.7 Å². The molecule has 104 valence electrons. The summed E-state index contributed by atoms with van der Waals surface area (Å²) >= 11 is 0. The van der Waals surface area contributed by atoms with Gasteiger partial charge in [0.15, 0.2) is 0 Å². The molecule has 2 aliphatic rings. The molecule has 3 nitrogen and oxygen atoms in total. The maximum Gasteiger partial charge on any atom is 0.253 e. The summed E-state index contributed by atoms with van der Waals surface area (Å²) in [6.45, 7) is 8.05. The van der Waals surface area contributed by atoms with Crippen molar-refractivity contribution in [1.29, 1.82) is 0 Å². The van der Waals surface area contributed by atoms with E-state index in [-0.39, 0.29) is 23.7 Å². The van der Waals surface area contributed by atoms with Crippen LogP contribution in [0.1, 0.15) is 41.8 Å². The molecule has 1 aromatic carbocycles. The average Bonchev–Trinajstić information content (AvgIpc) is 2.93. The molecule has 1 saturated heterocycles. The lowest BCUT2D eigenvalue weighted by Crippen LogP contribution is -2.30. The van der Waals surface area contributed by atoms with E-state index >= 15 is 0 Å². The van der Waals surface area contributed by atoms with Crippen LogP contribution in [-0.2, 0) is 13.1 Å². The Labute approximate surface area is 120 Å². The van der Waals surface area contributed by atoms with Crippen LogP contribution in [-0.4, -0.2) is 23.9 Å². The normalized spacial score (nSPS) is 20.0. The molecular formula is C15H21ClN2O. The number of carbonyl (C=O) groups excluding carboxylic acids is 1. The Hall–Kier alpha value is -1.06. The second-order valence-corrected chi connectivity index (χ2v) is 6.23. The highest BCUT2D eigenvalue weighted by molar-refractivity contribution is 5.94. The lowest BCUT2D eigenvalue weighted by Gasteiger charge is -2.20. The number of fused-ring (bicyclic) bond motifs is 1. The zero-order chi connectivity index (χ0) is 12.8. The number of hydrogen-bond donors (Lipinski definition) is 1. The van der Waals surface area contributed by atoms with Crippen molar-refractivity contribution < 1.29 is 4.79 Å². The Bertz CT molecular complexity index is 499. The second kappa shape index (κ2) is 5.14. The van der Waals surface area contributed by atoms with Gasteiger partial charge in [-0.15, -0.1) is 12.4 Å². The predicted octanol–water partition coefficient (Wildman–Crippen LogP) is 2.58. The van der Waals surface area contributed by atoms with Crippen molar-refractivity contribution in [2.45, 2.75) is 33.4 Å². The first-order valence-electron chi connectivity index (χ1n) is 6.67. The molecule has 0 atom stereocenters. The fourth-order valence-electron chi connectivity index (χ4n) is 2.90. The molecule has 0 spiro atoms. The van der Waals surface area contributed by atoms with Crippen molar-refractivity contribution in [2.75, 3.05) is 13.1 Å². The van der Waals surface area contributed by atoms with Crippen LogP contribution in [0.2, 0.25) is 0 Å². The number of hydrogen-bond acceptors (Lipinski definition) is 2. The number of halogens is 1. The number of carbonyl (C=O) groups is 1. The highest BCUT2D eigenvalue weighted by Gasteiger charge is 2.32. The van der Waals surface area contributed by atoms with Gasteiger partial charge in [-0.05, 0) is 35.1 Å². The van der Waals surface area contributed by atoms with Crippen LogP contribution in [0.15, 0.2) is 18.2 Å². The standard InChI is InChI=1S/C15H20N2O.ClH/c1-15(2)5-6-17(10-15)14(18)11-3-4-12-8-16-9-13(12)7-11;/h3-4,7,16H,5-6,8-10H2,1-2H3;1H. The van der Waals surface area contributed by atoms with Gasteiger partial charge in [0.2, 0.25) is 0 Å². The van der Waals surface area contributed by atoms with Gasteiger partial charge >= 0.3 is 0 Å². The zero-order valence-electron chi connectivity index (χ0n) is 11.5. The third-order valence-corrected chi connectivity index (χ3v) is 4.05. The van der Waals surface area contributed by atoms with E-state index in [1.807, 2.05) is 11.0 Å². The topological polar surface area (TPSA) is 32.3 Å². The van der Waals surface area contributed by atoms with Crippen LogP contribution < -0.4 is 5.32 Å². The summed E-state index contributed by atoms with van der Waals surface area (Å²) in [6, 6.07) is 6.12. The van der Waals surface area contributed by atoms with Crippen molar-refractivity contribution >= 4 is 18.3 Å². The molecule has 0 aliphatic carbocycles. The Morgan fingerprint density at radius 3 is 2.68 bits per heavy atom. The van der Waals surface area contributed by atoms with E-state index in [2.05, 4.69) is 31.3 Å². The molecule has 0 saturated carbocycles. The second-order valence-electron chi connectivity index (χ2n) is 6.23. The molecule has 3 rings (SSSR count). The first-order chi connectivity index (χ1) is 8.55. The number of rotatable bonds is 1. The van der Waals surface area contributed by atoms with E-state index in [1.54, 1.807) is 0 Å². The summed E-state index contributed by atoms with van der Waals surface area (Å²) in [4.78, 5) is 14.4. The Balaban J connectivity index is 0.00000133. The van der Waals surface area contributed by atoms with Gasteiger partial charge in [0.1, 0.15) is 0 Å². The molecule has 1 N–H and O–H groups in total. The van der Waals surface area contributed by atoms with Crippen LogP contribution in [0, 0.1) is 5.41 Å². The summed E-state index contributed by atoms with van der Waals surface area (Å²) in [7, 11) is 0. The van der Waals surface area contributed by atoms with E-state index in [9.17, 15) is 4.79 Å². The lowest BCUT2D eigenvalue weighted by molar-refractivity contribution is 0.0778. The van der Waals surface area contributed by atoms with Crippen molar-refractivity contribution in [1.82, 2.24) is 10.2 Å². The van der Waals surface area contributed by atoms with Crippen LogP contribution in [0.25, 0.3) is 0 Å². The van der Waals surface area contributed by atoms with Crippen LogP contribution in [0.3, 0.4) is 0 Å². The monoisotopic (exact) mass is 280 g/mol. The van der Waals surface area contributed by atoms with E-state index in [4.69, 9.17) is 0 Å². The van der Waals surface area contributed by atoms with Gasteiger partial charge in [0.25, 0.3) is 5.91 Å². The molecule has 1 fully saturated rings. The molecule has 1 amide bonds. The largest absolute Gasteiger partial charge is 0.338 e. The fourth-order valence-corrected chi connectivity index (χ4v) is 2.90. The van der Waals surface area contributed by atoms with Crippen LogP contribution in [0.5, 0.6) is 0 Å². The third kappa shape index (κ3) is 2.77. The van der Waals surface area contributed by atoms with Gasteiger partial charge in [-0.3, -0.25) is 4.79 Å². The molecule has 0 unspecified atom stereocenters. The molecule has 1 aromatic rings. The first-order valence-corrected chi connectivity index (χ1v) is 6.67. The van der Waals surface area contributed by atoms with Gasteiger partial charge in [-0.2, -0.15) is 0 Å². The van der Waals surface area contributed by atoms with Gasteiger partial charge < -0.3 is 10.2 Å². The van der Waals surface area contributed by atoms with Crippen molar-refractivity contribution in [3.8, 4) is 0 Å². The average molecular weight is 281 g/mol. The number of benzene rings is 1. The molecule has 2 heterocycles. The Kier molecular flexibility index (Phi) is 3.88. The van der Waals surface area contributed by atoms with Gasteiger partial charge in [-0.25, -0.2) is 0 Å². The minimum atomic E-state index is 0. The number of nitrogens with one attached hydrogen (secondary N) is 1. The van der Waals surface area contributed by atoms with Crippen LogP contribution >= 0.6 is 12.4 Å². The minimum Gasteiger partial charge on any atom is -0.338 e. The molecule has 0 bridgehead atoms. The summed E-state index contributed by atoms with van der Waals surface area (Å²) in [5.41, 5.74) is 3.72. The predicted molar refractivity (Wildman–Crippen MR) is 78.5 cm³/mol. The highest BCUT2D eigenvalue weighted by Crippen LogP contribution is 2.30. The Morgan fingerprint density at radius 1 is 1.26 bits per heavy atom. The van der Waals surface area contributed by atoms with Gasteiger partial charge in [-0.1, -0.05) is 19.9 Å². The molecule has 0 radical (unpaired) electrons. The van der Waals surface area contributed by atoms with Crippen molar-refractivity contribution in [3.05, 3.63) is 34.9 Å². The summed E-state index contributed by atoms with van der Waals surface area (Å²) in [5, 5.41) is 3.31. The van der Waals surface area contributed by atoms with E-state index in [1.165, 1.54) is 11.1 Å². The smallest absolute Gasteiger partial charge is 0.253 e. The van der Waals surface area contributed by atoms with Crippen molar-refractivity contribution in [3.63, 3.8) is 0 Å². The van der Waals surface area contributed by atoms with Crippen molar-refractivity contribution in [2.24, 2.45) is 5.41 Å². The van der Waals surface area contributed by atoms with E-state index in [0.29, 0.717) is 0 Å². The molecule has 0 aromatic heterocycles. The number of amides is 1. The lowest BCUT2D eigenvalue weighted by atomic mass is 9.93. The molecule has 2 aliphatic heterocycles. The zero-order valence-corrected chi connectivity index (χ0v) is 12.3. The highest BCUT2D eigenvalue weighted by atomic mass is 35.5. The maximum atomic E-state index is 12.4. The quantitative estimate of drug-likeness (QED) is 0.858.